The van der Waals surface area contributed by atoms with Gasteiger partial charge in [0.25, 0.3) is 5.56 Å². The lowest BCUT2D eigenvalue weighted by atomic mass is 10.0. The summed E-state index contributed by atoms with van der Waals surface area (Å²) >= 11 is 1.64. The number of aromatic nitrogens is 2. The van der Waals surface area contributed by atoms with Crippen LogP contribution in [0.4, 0.5) is 0 Å². The van der Waals surface area contributed by atoms with E-state index in [0.717, 1.165) is 65.3 Å². The number of likely N-dealkylation sites (tertiary alicyclic amines) is 1. The van der Waals surface area contributed by atoms with Crippen LogP contribution in [0.15, 0.2) is 29.1 Å². The number of nitrogens with zero attached hydrogens (tertiary/aromatic N) is 3. The summed E-state index contributed by atoms with van der Waals surface area (Å²) in [4.78, 5) is 23.4. The SMILES string of the molecule is CCc1sc2nc(CCOC)n(C3CCN(C)CC3)c(=O)c2c1-c1cccc(OC)c1. The van der Waals surface area contributed by atoms with Gasteiger partial charge < -0.3 is 14.4 Å². The van der Waals surface area contributed by atoms with Gasteiger partial charge in [0.05, 0.1) is 19.1 Å². The molecular formula is C24H31N3O3S. The summed E-state index contributed by atoms with van der Waals surface area (Å²) in [6.45, 7) is 4.67. The second kappa shape index (κ2) is 9.51. The Morgan fingerprint density at radius 1 is 1.23 bits per heavy atom. The zero-order chi connectivity index (χ0) is 22.0. The molecule has 3 heterocycles. The first kappa shape index (κ1) is 22.0. The van der Waals surface area contributed by atoms with Gasteiger partial charge in [-0.05, 0) is 57.1 Å². The summed E-state index contributed by atoms with van der Waals surface area (Å²) in [5.41, 5.74) is 2.11. The molecule has 1 aromatic carbocycles. The molecule has 1 fully saturated rings. The zero-order valence-corrected chi connectivity index (χ0v) is 19.6. The smallest absolute Gasteiger partial charge is 0.263 e. The third-order valence-electron chi connectivity index (χ3n) is 6.17. The molecule has 0 saturated carbocycles. The second-order valence-corrected chi connectivity index (χ2v) is 9.23. The van der Waals surface area contributed by atoms with Crippen molar-refractivity contribution in [1.29, 1.82) is 0 Å². The van der Waals surface area contributed by atoms with Crippen LogP contribution in [0, 0.1) is 0 Å². The highest BCUT2D eigenvalue weighted by Gasteiger charge is 2.26. The fourth-order valence-corrected chi connectivity index (χ4v) is 5.63. The highest BCUT2D eigenvalue weighted by Crippen LogP contribution is 2.38. The van der Waals surface area contributed by atoms with Gasteiger partial charge in [-0.2, -0.15) is 0 Å². The Kier molecular flexibility index (Phi) is 6.74. The molecule has 0 radical (unpaired) electrons. The molecule has 0 N–H and O–H groups in total. The number of aryl methyl sites for hydroxylation is 1. The first-order valence-corrected chi connectivity index (χ1v) is 11.8. The molecule has 3 aromatic rings. The van der Waals surface area contributed by atoms with Crippen molar-refractivity contribution in [2.24, 2.45) is 0 Å². The number of hydrogen-bond acceptors (Lipinski definition) is 6. The maximum Gasteiger partial charge on any atom is 0.263 e. The molecule has 1 saturated heterocycles. The molecule has 4 rings (SSSR count). The number of ether oxygens (including phenoxy) is 2. The van der Waals surface area contributed by atoms with E-state index in [4.69, 9.17) is 14.5 Å². The minimum Gasteiger partial charge on any atom is -0.497 e. The zero-order valence-electron chi connectivity index (χ0n) is 18.8. The van der Waals surface area contributed by atoms with Crippen molar-refractivity contribution in [2.45, 2.75) is 38.6 Å². The molecule has 0 aliphatic carbocycles. The summed E-state index contributed by atoms with van der Waals surface area (Å²) in [5.74, 6) is 1.63. The summed E-state index contributed by atoms with van der Waals surface area (Å²) < 4.78 is 12.8. The fraction of sp³-hybridized carbons (Fsp3) is 0.500. The van der Waals surface area contributed by atoms with E-state index in [1.54, 1.807) is 25.6 Å². The van der Waals surface area contributed by atoms with Crippen molar-refractivity contribution >= 4 is 21.6 Å². The van der Waals surface area contributed by atoms with E-state index in [9.17, 15) is 4.79 Å². The molecule has 6 nitrogen and oxygen atoms in total. The van der Waals surface area contributed by atoms with E-state index in [1.165, 1.54) is 4.88 Å². The molecule has 7 heteroatoms. The summed E-state index contributed by atoms with van der Waals surface area (Å²) in [6.07, 6.45) is 3.42. The van der Waals surface area contributed by atoms with E-state index in [2.05, 4.69) is 24.9 Å². The molecule has 31 heavy (non-hydrogen) atoms. The van der Waals surface area contributed by atoms with Crippen LogP contribution in [0.25, 0.3) is 21.3 Å². The number of methoxy groups -OCH3 is 2. The number of thiophene rings is 1. The number of fused-ring (bicyclic) bond motifs is 1. The molecule has 0 atom stereocenters. The predicted molar refractivity (Wildman–Crippen MR) is 127 cm³/mol. The Morgan fingerprint density at radius 2 is 2.00 bits per heavy atom. The molecule has 0 spiro atoms. The van der Waals surface area contributed by atoms with Crippen LogP contribution >= 0.6 is 11.3 Å². The summed E-state index contributed by atoms with van der Waals surface area (Å²) in [5, 5.41) is 0.746. The summed E-state index contributed by atoms with van der Waals surface area (Å²) in [6, 6.07) is 8.16. The first-order chi connectivity index (χ1) is 15.1. The monoisotopic (exact) mass is 441 g/mol. The van der Waals surface area contributed by atoms with Crippen LogP contribution in [-0.2, 0) is 17.6 Å². The Hall–Kier alpha value is -2.22. The Bertz CT molecular complexity index is 1110. The van der Waals surface area contributed by atoms with Gasteiger partial charge in [0, 0.05) is 30.0 Å². The topological polar surface area (TPSA) is 56.6 Å². The third kappa shape index (κ3) is 4.27. The minimum atomic E-state index is 0.0828. The van der Waals surface area contributed by atoms with Gasteiger partial charge >= 0.3 is 0 Å². The number of benzene rings is 1. The molecule has 1 aliphatic rings. The van der Waals surface area contributed by atoms with Gasteiger partial charge in [0.2, 0.25) is 0 Å². The van der Waals surface area contributed by atoms with Crippen molar-refractivity contribution in [3.05, 3.63) is 45.3 Å². The highest BCUT2D eigenvalue weighted by molar-refractivity contribution is 7.19. The minimum absolute atomic E-state index is 0.0828. The van der Waals surface area contributed by atoms with Gasteiger partial charge in [0.1, 0.15) is 16.4 Å². The summed E-state index contributed by atoms with van der Waals surface area (Å²) in [7, 11) is 5.50. The Morgan fingerprint density at radius 3 is 2.68 bits per heavy atom. The van der Waals surface area contributed by atoms with E-state index < -0.39 is 0 Å². The van der Waals surface area contributed by atoms with Gasteiger partial charge in [-0.15, -0.1) is 11.3 Å². The lowest BCUT2D eigenvalue weighted by Gasteiger charge is -2.31. The number of rotatable bonds is 7. The van der Waals surface area contributed by atoms with Crippen molar-refractivity contribution in [2.75, 3.05) is 41.0 Å². The second-order valence-electron chi connectivity index (χ2n) is 8.15. The van der Waals surface area contributed by atoms with Crippen molar-refractivity contribution in [3.8, 4) is 16.9 Å². The third-order valence-corrected chi connectivity index (χ3v) is 7.39. The molecule has 0 unspecified atom stereocenters. The molecule has 0 bridgehead atoms. The van der Waals surface area contributed by atoms with Gasteiger partial charge in [-0.1, -0.05) is 19.1 Å². The molecular weight excluding hydrogens is 410 g/mol. The van der Waals surface area contributed by atoms with Crippen LogP contribution in [0.1, 0.15) is 36.5 Å². The van der Waals surface area contributed by atoms with Crippen molar-refractivity contribution in [1.82, 2.24) is 14.5 Å². The van der Waals surface area contributed by atoms with Crippen LogP contribution in [0.2, 0.25) is 0 Å². The average Bonchev–Trinajstić information content (AvgIpc) is 3.17. The maximum absolute atomic E-state index is 14.0. The normalized spacial score (nSPS) is 15.6. The highest BCUT2D eigenvalue weighted by atomic mass is 32.1. The standard InChI is InChI=1S/C24H31N3O3S/c1-5-19-21(16-7-6-8-18(15-16)30-4)22-23(31-19)25-20(11-14-29-3)27(24(22)28)17-9-12-26(2)13-10-17/h6-8,15,17H,5,9-14H2,1-4H3. The van der Waals surface area contributed by atoms with Crippen molar-refractivity contribution in [3.63, 3.8) is 0 Å². The first-order valence-electron chi connectivity index (χ1n) is 11.0. The quantitative estimate of drug-likeness (QED) is 0.551. The Balaban J connectivity index is 1.95. The number of piperidine rings is 1. The van der Waals surface area contributed by atoms with E-state index in [0.29, 0.717) is 13.0 Å². The fourth-order valence-electron chi connectivity index (χ4n) is 4.48. The van der Waals surface area contributed by atoms with Crippen molar-refractivity contribution < 1.29 is 9.47 Å². The van der Waals surface area contributed by atoms with Crippen LogP contribution in [0.3, 0.4) is 0 Å². The molecule has 2 aromatic heterocycles. The Labute approximate surface area is 187 Å². The predicted octanol–water partition coefficient (Wildman–Crippen LogP) is 4.15. The van der Waals surface area contributed by atoms with Gasteiger partial charge in [0.15, 0.2) is 0 Å². The molecule has 0 amide bonds. The van der Waals surface area contributed by atoms with Crippen LogP contribution < -0.4 is 10.3 Å². The van der Waals surface area contributed by atoms with E-state index in [-0.39, 0.29) is 11.6 Å². The number of hydrogen-bond donors (Lipinski definition) is 0. The average molecular weight is 442 g/mol. The maximum atomic E-state index is 14.0. The lowest BCUT2D eigenvalue weighted by molar-refractivity contribution is 0.191. The van der Waals surface area contributed by atoms with Gasteiger partial charge in [-0.25, -0.2) is 4.98 Å². The molecule has 1 aliphatic heterocycles. The van der Waals surface area contributed by atoms with E-state index >= 15 is 0 Å². The van der Waals surface area contributed by atoms with Gasteiger partial charge in [-0.3, -0.25) is 9.36 Å². The molecule has 166 valence electrons. The van der Waals surface area contributed by atoms with Crippen LogP contribution in [0.5, 0.6) is 5.75 Å². The van der Waals surface area contributed by atoms with E-state index in [1.807, 2.05) is 22.8 Å². The lowest BCUT2D eigenvalue weighted by Crippen LogP contribution is -2.37. The van der Waals surface area contributed by atoms with Crippen LogP contribution in [-0.4, -0.2) is 55.4 Å². The largest absolute Gasteiger partial charge is 0.497 e.